The first kappa shape index (κ1) is 17.4. The van der Waals surface area contributed by atoms with E-state index in [1.807, 2.05) is 0 Å². The third-order valence-electron chi connectivity index (χ3n) is 3.99. The fourth-order valence-corrected chi connectivity index (χ4v) is 3.19. The van der Waals surface area contributed by atoms with Crippen molar-refractivity contribution in [2.45, 2.75) is 53.0 Å². The van der Waals surface area contributed by atoms with Crippen LogP contribution in [0.15, 0.2) is 0 Å². The number of aliphatic carboxylic acids is 1. The lowest BCUT2D eigenvalue weighted by Gasteiger charge is -2.33. The number of carboxylic acid groups (broad SMARTS) is 1. The normalized spacial score (nSPS) is 18.9. The molecule has 0 saturated carbocycles. The second kappa shape index (κ2) is 8.63. The van der Waals surface area contributed by atoms with Crippen molar-refractivity contribution in [2.24, 2.45) is 11.8 Å². The maximum atomic E-state index is 10.8. The van der Waals surface area contributed by atoms with Crippen LogP contribution in [0.25, 0.3) is 0 Å². The second-order valence-electron chi connectivity index (χ2n) is 6.97. The van der Waals surface area contributed by atoms with Crippen LogP contribution in [0.5, 0.6) is 0 Å². The van der Waals surface area contributed by atoms with Crippen molar-refractivity contribution < 1.29 is 9.90 Å². The number of carbonyl (C=O) groups is 1. The second-order valence-corrected chi connectivity index (χ2v) is 6.97. The Bertz CT molecular complexity index is 282. The van der Waals surface area contributed by atoms with Crippen molar-refractivity contribution in [1.29, 1.82) is 0 Å². The summed E-state index contributed by atoms with van der Waals surface area (Å²) in [6.45, 7) is 13.3. The third-order valence-corrected chi connectivity index (χ3v) is 3.99. The molecule has 20 heavy (non-hydrogen) atoms. The Labute approximate surface area is 124 Å². The molecule has 0 amide bonds. The van der Waals surface area contributed by atoms with Crippen LogP contribution in [-0.2, 0) is 4.79 Å². The predicted octanol–water partition coefficient (Wildman–Crippen LogP) is 2.54. The van der Waals surface area contributed by atoms with Crippen molar-refractivity contribution in [3.8, 4) is 0 Å². The van der Waals surface area contributed by atoms with Gasteiger partial charge >= 0.3 is 5.97 Å². The van der Waals surface area contributed by atoms with Gasteiger partial charge in [0.2, 0.25) is 0 Å². The minimum atomic E-state index is -0.709. The van der Waals surface area contributed by atoms with Crippen LogP contribution in [-0.4, -0.2) is 59.6 Å². The smallest absolute Gasteiger partial charge is 0.317 e. The topological polar surface area (TPSA) is 43.8 Å². The summed E-state index contributed by atoms with van der Waals surface area (Å²) in [4.78, 5) is 15.5. The summed E-state index contributed by atoms with van der Waals surface area (Å²) in [5.41, 5.74) is 0. The number of nitrogens with zero attached hydrogens (tertiary/aromatic N) is 2. The molecular weight excluding hydrogens is 252 g/mol. The van der Waals surface area contributed by atoms with Gasteiger partial charge in [0, 0.05) is 25.7 Å². The quantitative estimate of drug-likeness (QED) is 0.780. The Balaban J connectivity index is 2.56. The number of rotatable bonds is 7. The lowest BCUT2D eigenvalue weighted by Crippen LogP contribution is -2.40. The summed E-state index contributed by atoms with van der Waals surface area (Å²) in [5, 5.41) is 8.92. The van der Waals surface area contributed by atoms with Gasteiger partial charge in [-0.1, -0.05) is 27.7 Å². The molecule has 0 spiro atoms. The predicted molar refractivity (Wildman–Crippen MR) is 83.0 cm³/mol. The number of carboxylic acids is 1. The zero-order valence-electron chi connectivity index (χ0n) is 13.6. The summed E-state index contributed by atoms with van der Waals surface area (Å²) in [7, 11) is 0. The fraction of sp³-hybridized carbons (Fsp3) is 0.938. The van der Waals surface area contributed by atoms with Crippen LogP contribution in [0.3, 0.4) is 0 Å². The van der Waals surface area contributed by atoms with E-state index in [-0.39, 0.29) is 6.54 Å². The molecule has 1 aliphatic rings. The van der Waals surface area contributed by atoms with E-state index in [2.05, 4.69) is 37.5 Å². The molecule has 1 rings (SSSR count). The van der Waals surface area contributed by atoms with E-state index in [1.54, 1.807) is 0 Å². The molecule has 4 heteroatoms. The molecule has 1 saturated heterocycles. The summed E-state index contributed by atoms with van der Waals surface area (Å²) in [6, 6.07) is 0.653. The Hall–Kier alpha value is -0.610. The molecule has 1 fully saturated rings. The van der Waals surface area contributed by atoms with Crippen molar-refractivity contribution in [1.82, 2.24) is 9.80 Å². The molecule has 1 N–H and O–H groups in total. The van der Waals surface area contributed by atoms with Crippen LogP contribution in [0.4, 0.5) is 0 Å². The van der Waals surface area contributed by atoms with Gasteiger partial charge in [-0.2, -0.15) is 0 Å². The average Bonchev–Trinajstić information content (AvgIpc) is 2.51. The van der Waals surface area contributed by atoms with Gasteiger partial charge in [-0.3, -0.25) is 14.6 Å². The molecule has 1 heterocycles. The Morgan fingerprint density at radius 2 is 1.60 bits per heavy atom. The molecule has 0 atom stereocenters. The highest BCUT2D eigenvalue weighted by atomic mass is 16.4. The molecule has 118 valence electrons. The Morgan fingerprint density at radius 1 is 1.00 bits per heavy atom. The van der Waals surface area contributed by atoms with Gasteiger partial charge in [0.1, 0.15) is 0 Å². The van der Waals surface area contributed by atoms with E-state index in [4.69, 9.17) is 5.11 Å². The average molecular weight is 284 g/mol. The minimum absolute atomic E-state index is 0.187. The van der Waals surface area contributed by atoms with E-state index < -0.39 is 5.97 Å². The van der Waals surface area contributed by atoms with Gasteiger partial charge < -0.3 is 5.11 Å². The summed E-state index contributed by atoms with van der Waals surface area (Å²) < 4.78 is 0. The van der Waals surface area contributed by atoms with Crippen molar-refractivity contribution >= 4 is 5.97 Å². The minimum Gasteiger partial charge on any atom is -0.480 e. The van der Waals surface area contributed by atoms with Gasteiger partial charge in [-0.25, -0.2) is 0 Å². The molecule has 4 nitrogen and oxygen atoms in total. The zero-order valence-corrected chi connectivity index (χ0v) is 13.6. The lowest BCUT2D eigenvalue weighted by atomic mass is 9.94. The van der Waals surface area contributed by atoms with Gasteiger partial charge in [0.15, 0.2) is 0 Å². The first-order valence-corrected chi connectivity index (χ1v) is 8.06. The maximum Gasteiger partial charge on any atom is 0.317 e. The summed E-state index contributed by atoms with van der Waals surface area (Å²) in [6.07, 6.45) is 3.58. The largest absolute Gasteiger partial charge is 0.480 e. The number of hydrogen-bond acceptors (Lipinski definition) is 3. The standard InChI is InChI=1S/C16H32N2O2/c1-13(2)10-15(11-14(3)4)18-7-5-6-17(8-9-18)12-16(19)20/h13-15H,5-12H2,1-4H3,(H,19,20). The molecule has 0 aliphatic carbocycles. The zero-order chi connectivity index (χ0) is 15.1. The monoisotopic (exact) mass is 284 g/mol. The van der Waals surface area contributed by atoms with Crippen LogP contribution < -0.4 is 0 Å². The highest BCUT2D eigenvalue weighted by molar-refractivity contribution is 5.69. The van der Waals surface area contributed by atoms with E-state index >= 15 is 0 Å². The van der Waals surface area contributed by atoms with Gasteiger partial charge in [0.05, 0.1) is 6.54 Å². The Kier molecular flexibility index (Phi) is 7.52. The SMILES string of the molecule is CC(C)CC(CC(C)C)N1CCCN(CC(=O)O)CC1. The molecule has 0 bridgehead atoms. The molecular formula is C16H32N2O2. The van der Waals surface area contributed by atoms with E-state index in [0.29, 0.717) is 6.04 Å². The van der Waals surface area contributed by atoms with Crippen molar-refractivity contribution in [3.05, 3.63) is 0 Å². The first-order chi connectivity index (χ1) is 9.38. The number of hydrogen-bond donors (Lipinski definition) is 1. The molecule has 0 radical (unpaired) electrons. The molecule has 1 aliphatic heterocycles. The maximum absolute atomic E-state index is 10.8. The highest BCUT2D eigenvalue weighted by Crippen LogP contribution is 2.20. The van der Waals surface area contributed by atoms with Crippen LogP contribution >= 0.6 is 0 Å². The van der Waals surface area contributed by atoms with Crippen molar-refractivity contribution in [2.75, 3.05) is 32.7 Å². The molecule has 0 aromatic rings. The third kappa shape index (κ3) is 6.71. The van der Waals surface area contributed by atoms with Gasteiger partial charge in [-0.15, -0.1) is 0 Å². The molecule has 0 aromatic carbocycles. The van der Waals surface area contributed by atoms with E-state index in [9.17, 15) is 4.79 Å². The van der Waals surface area contributed by atoms with Crippen LogP contribution in [0, 0.1) is 11.8 Å². The van der Waals surface area contributed by atoms with E-state index in [0.717, 1.165) is 44.4 Å². The van der Waals surface area contributed by atoms with Crippen LogP contribution in [0.2, 0.25) is 0 Å². The van der Waals surface area contributed by atoms with E-state index in [1.165, 1.54) is 12.8 Å². The summed E-state index contributed by atoms with van der Waals surface area (Å²) in [5.74, 6) is 0.730. The Morgan fingerprint density at radius 3 is 2.10 bits per heavy atom. The molecule has 0 aromatic heterocycles. The fourth-order valence-electron chi connectivity index (χ4n) is 3.19. The summed E-state index contributed by atoms with van der Waals surface area (Å²) >= 11 is 0. The molecule has 0 unspecified atom stereocenters. The lowest BCUT2D eigenvalue weighted by molar-refractivity contribution is -0.138. The van der Waals surface area contributed by atoms with Crippen LogP contribution in [0.1, 0.15) is 47.0 Å². The first-order valence-electron chi connectivity index (χ1n) is 8.06. The highest BCUT2D eigenvalue weighted by Gasteiger charge is 2.24. The van der Waals surface area contributed by atoms with Gasteiger partial charge in [-0.05, 0) is 37.6 Å². The van der Waals surface area contributed by atoms with Gasteiger partial charge in [0.25, 0.3) is 0 Å². The van der Waals surface area contributed by atoms with Crippen molar-refractivity contribution in [3.63, 3.8) is 0 Å².